The van der Waals surface area contributed by atoms with Gasteiger partial charge in [-0.05, 0) is 27.6 Å². The van der Waals surface area contributed by atoms with Crippen molar-refractivity contribution in [3.8, 4) is 0 Å². The Labute approximate surface area is 189 Å². The first-order valence-corrected chi connectivity index (χ1v) is 11.1. The summed E-state index contributed by atoms with van der Waals surface area (Å²) in [5.41, 5.74) is 1.58. The van der Waals surface area contributed by atoms with Gasteiger partial charge in [-0.15, -0.1) is 5.10 Å². The van der Waals surface area contributed by atoms with Gasteiger partial charge in [-0.2, -0.15) is 5.10 Å². The van der Waals surface area contributed by atoms with E-state index in [4.69, 9.17) is 0 Å². The molecule has 0 radical (unpaired) electrons. The first kappa shape index (κ1) is 20.2. The number of carbonyl (C=O) groups is 2. The van der Waals surface area contributed by atoms with E-state index in [1.165, 1.54) is 11.8 Å². The maximum atomic E-state index is 12.4. The minimum atomic E-state index is -0.505. The molecule has 1 unspecified atom stereocenters. The SMILES string of the molecule is O=C(CC1S/C(=N/N=C/c2c3ccccc3cc3ccccc23)NC1=O)c1ccccc1. The molecule has 1 atom stereocenters. The summed E-state index contributed by atoms with van der Waals surface area (Å²) < 4.78 is 0. The van der Waals surface area contributed by atoms with Crippen LogP contribution in [0.15, 0.2) is 95.1 Å². The lowest BCUT2D eigenvalue weighted by Crippen LogP contribution is -2.26. The molecule has 0 aliphatic carbocycles. The number of amidine groups is 1. The maximum absolute atomic E-state index is 12.4. The summed E-state index contributed by atoms with van der Waals surface area (Å²) in [6.45, 7) is 0. The number of hydrogen-bond acceptors (Lipinski definition) is 5. The number of amides is 1. The van der Waals surface area contributed by atoms with Gasteiger partial charge in [-0.25, -0.2) is 0 Å². The fourth-order valence-electron chi connectivity index (χ4n) is 3.82. The molecule has 32 heavy (non-hydrogen) atoms. The molecule has 4 aromatic rings. The zero-order chi connectivity index (χ0) is 21.9. The van der Waals surface area contributed by atoms with Crippen LogP contribution >= 0.6 is 11.8 Å². The van der Waals surface area contributed by atoms with E-state index in [0.717, 1.165) is 27.1 Å². The van der Waals surface area contributed by atoms with Crippen molar-refractivity contribution in [3.05, 3.63) is 96.1 Å². The second-order valence-corrected chi connectivity index (χ2v) is 8.66. The lowest BCUT2D eigenvalue weighted by atomic mass is 9.97. The van der Waals surface area contributed by atoms with Crippen molar-refractivity contribution >= 4 is 56.4 Å². The molecule has 0 saturated carbocycles. The number of ketones is 1. The fourth-order valence-corrected chi connectivity index (χ4v) is 4.75. The zero-order valence-electron chi connectivity index (χ0n) is 17.1. The van der Waals surface area contributed by atoms with E-state index >= 15 is 0 Å². The number of fused-ring (bicyclic) bond motifs is 2. The summed E-state index contributed by atoms with van der Waals surface area (Å²) in [6.07, 6.45) is 1.85. The van der Waals surface area contributed by atoms with Crippen LogP contribution in [0.5, 0.6) is 0 Å². The van der Waals surface area contributed by atoms with Gasteiger partial charge < -0.3 is 5.32 Å². The Hall–Kier alpha value is -3.77. The fraction of sp³-hybridized carbons (Fsp3) is 0.0769. The second-order valence-electron chi connectivity index (χ2n) is 7.47. The van der Waals surface area contributed by atoms with Crippen molar-refractivity contribution in [1.82, 2.24) is 5.32 Å². The van der Waals surface area contributed by atoms with E-state index < -0.39 is 5.25 Å². The van der Waals surface area contributed by atoms with Crippen molar-refractivity contribution in [2.75, 3.05) is 0 Å². The first-order chi connectivity index (χ1) is 15.7. The molecule has 1 heterocycles. The molecule has 0 aromatic heterocycles. The topological polar surface area (TPSA) is 70.9 Å². The Morgan fingerprint density at radius 1 is 0.906 bits per heavy atom. The van der Waals surface area contributed by atoms with Crippen LogP contribution in [0.1, 0.15) is 22.3 Å². The highest BCUT2D eigenvalue weighted by molar-refractivity contribution is 8.15. The molecule has 1 saturated heterocycles. The van der Waals surface area contributed by atoms with E-state index in [0.29, 0.717) is 10.7 Å². The summed E-state index contributed by atoms with van der Waals surface area (Å²) in [4.78, 5) is 24.8. The number of hydrogen-bond donors (Lipinski definition) is 1. The van der Waals surface area contributed by atoms with E-state index in [1.807, 2.05) is 42.5 Å². The maximum Gasteiger partial charge on any atom is 0.240 e. The molecule has 1 amide bonds. The minimum absolute atomic E-state index is 0.0646. The number of carbonyl (C=O) groups excluding carboxylic acids is 2. The monoisotopic (exact) mass is 437 g/mol. The van der Waals surface area contributed by atoms with Crippen molar-refractivity contribution in [1.29, 1.82) is 0 Å². The van der Waals surface area contributed by atoms with Gasteiger partial charge in [-0.3, -0.25) is 9.59 Å². The van der Waals surface area contributed by atoms with Crippen molar-refractivity contribution in [3.63, 3.8) is 0 Å². The average Bonchev–Trinajstić information content (AvgIpc) is 3.17. The second kappa shape index (κ2) is 8.77. The summed E-state index contributed by atoms with van der Waals surface area (Å²) in [6, 6.07) is 27.5. The molecule has 0 bridgehead atoms. The van der Waals surface area contributed by atoms with Crippen LogP contribution in [0, 0.1) is 0 Å². The largest absolute Gasteiger partial charge is 0.303 e. The average molecular weight is 438 g/mol. The number of nitrogens with one attached hydrogen (secondary N) is 1. The summed E-state index contributed by atoms with van der Waals surface area (Å²) in [5.74, 6) is -0.283. The minimum Gasteiger partial charge on any atom is -0.303 e. The highest BCUT2D eigenvalue weighted by Gasteiger charge is 2.32. The van der Waals surface area contributed by atoms with Crippen LogP contribution in [0.25, 0.3) is 21.5 Å². The third-order valence-electron chi connectivity index (χ3n) is 5.39. The molecule has 156 valence electrons. The lowest BCUT2D eigenvalue weighted by molar-refractivity contribution is -0.118. The summed E-state index contributed by atoms with van der Waals surface area (Å²) in [7, 11) is 0. The van der Waals surface area contributed by atoms with Crippen LogP contribution in [-0.4, -0.2) is 28.3 Å². The predicted octanol–water partition coefficient (Wildman–Crippen LogP) is 5.19. The van der Waals surface area contributed by atoms with Gasteiger partial charge in [0.25, 0.3) is 0 Å². The zero-order valence-corrected chi connectivity index (χ0v) is 17.9. The Morgan fingerprint density at radius 2 is 1.53 bits per heavy atom. The van der Waals surface area contributed by atoms with E-state index in [1.54, 1.807) is 18.3 Å². The standard InChI is InChI=1S/C26H19N3O2S/c30-23(17-8-2-1-3-9-17)15-24-25(31)28-26(32-24)29-27-16-22-20-12-6-4-10-18(20)14-19-11-5-7-13-21(19)22/h1-14,16,24H,15H2,(H,28,29,31)/b27-16+. The van der Waals surface area contributed by atoms with Crippen LogP contribution in [0.4, 0.5) is 0 Å². The number of thioether (sulfide) groups is 1. The Morgan fingerprint density at radius 3 is 2.22 bits per heavy atom. The number of nitrogens with zero attached hydrogens (tertiary/aromatic N) is 2. The van der Waals surface area contributed by atoms with Crippen molar-refractivity contribution in [2.45, 2.75) is 11.7 Å². The highest BCUT2D eigenvalue weighted by atomic mass is 32.2. The predicted molar refractivity (Wildman–Crippen MR) is 131 cm³/mol. The normalized spacial score (nSPS) is 17.4. The molecule has 4 aromatic carbocycles. The van der Waals surface area contributed by atoms with Gasteiger partial charge in [0.2, 0.25) is 5.91 Å². The molecule has 6 heteroatoms. The number of benzene rings is 4. The summed E-state index contributed by atoms with van der Waals surface area (Å²) >= 11 is 1.24. The first-order valence-electron chi connectivity index (χ1n) is 10.3. The molecular weight excluding hydrogens is 418 g/mol. The summed E-state index contributed by atoms with van der Waals surface area (Å²) in [5, 5.41) is 15.6. The van der Waals surface area contributed by atoms with Gasteiger partial charge in [0.1, 0.15) is 0 Å². The van der Waals surface area contributed by atoms with Gasteiger partial charge in [0.15, 0.2) is 11.0 Å². The third kappa shape index (κ3) is 4.05. The van der Waals surface area contributed by atoms with Crippen molar-refractivity contribution in [2.24, 2.45) is 10.2 Å². The smallest absolute Gasteiger partial charge is 0.240 e. The van der Waals surface area contributed by atoms with Crippen LogP contribution in [0.3, 0.4) is 0 Å². The van der Waals surface area contributed by atoms with Gasteiger partial charge in [0.05, 0.1) is 11.5 Å². The third-order valence-corrected chi connectivity index (χ3v) is 6.46. The number of Topliss-reactive ketones (excluding diaryl/α,β-unsaturated/α-hetero) is 1. The molecule has 5 nitrogen and oxygen atoms in total. The van der Waals surface area contributed by atoms with E-state index in [2.05, 4.69) is 45.9 Å². The Balaban J connectivity index is 1.38. The van der Waals surface area contributed by atoms with Crippen molar-refractivity contribution < 1.29 is 9.59 Å². The molecule has 5 rings (SSSR count). The lowest BCUT2D eigenvalue weighted by Gasteiger charge is -2.07. The highest BCUT2D eigenvalue weighted by Crippen LogP contribution is 2.28. The van der Waals surface area contributed by atoms with Crippen LogP contribution in [0.2, 0.25) is 0 Å². The number of rotatable bonds is 5. The van der Waals surface area contributed by atoms with Gasteiger partial charge >= 0.3 is 0 Å². The van der Waals surface area contributed by atoms with E-state index in [-0.39, 0.29) is 18.1 Å². The molecule has 1 aliphatic heterocycles. The quantitative estimate of drug-likeness (QED) is 0.202. The molecule has 1 N–H and O–H groups in total. The van der Waals surface area contributed by atoms with E-state index in [9.17, 15) is 9.59 Å². The molecule has 0 spiro atoms. The van der Waals surface area contributed by atoms with Crippen LogP contribution in [-0.2, 0) is 4.79 Å². The van der Waals surface area contributed by atoms with Crippen LogP contribution < -0.4 is 5.32 Å². The Kier molecular flexibility index (Phi) is 5.52. The van der Waals surface area contributed by atoms with Gasteiger partial charge in [-0.1, -0.05) is 90.6 Å². The molecule has 1 fully saturated rings. The van der Waals surface area contributed by atoms with Gasteiger partial charge in [0, 0.05) is 17.5 Å². The Bertz CT molecular complexity index is 1340. The molecular formula is C26H19N3O2S. The molecule has 1 aliphatic rings.